The average Bonchev–Trinajstić information content (AvgIpc) is 2.31. The molecule has 0 aliphatic carbocycles. The van der Waals surface area contributed by atoms with Crippen molar-refractivity contribution >= 4 is 17.5 Å². The minimum absolute atomic E-state index is 0.104. The summed E-state index contributed by atoms with van der Waals surface area (Å²) in [6.07, 6.45) is 1.51. The predicted octanol–water partition coefficient (Wildman–Crippen LogP) is 2.10. The van der Waals surface area contributed by atoms with Gasteiger partial charge in [-0.3, -0.25) is 4.79 Å². The monoisotopic (exact) mass is 257 g/mol. The zero-order valence-electron chi connectivity index (χ0n) is 9.20. The van der Waals surface area contributed by atoms with E-state index in [1.807, 2.05) is 0 Å². The van der Waals surface area contributed by atoms with Crippen molar-refractivity contribution in [2.45, 2.75) is 0 Å². The summed E-state index contributed by atoms with van der Waals surface area (Å²) in [5, 5.41) is 9.12. The Bertz CT molecular complexity index is 423. The Morgan fingerprint density at radius 1 is 1.59 bits per heavy atom. The Labute approximate surface area is 104 Å². The molecule has 0 aromatic heterocycles. The molecule has 0 atom stereocenters. The standard InChI is InChI=1S/C12H13ClFNO2/c1-2-5-15(6-7-16)12(17)10-8-9(13)3-4-11(10)14/h2-4,8,16H,1,5-7H2. The van der Waals surface area contributed by atoms with Gasteiger partial charge in [-0.1, -0.05) is 17.7 Å². The lowest BCUT2D eigenvalue weighted by Gasteiger charge is -2.20. The number of aliphatic hydroxyl groups excluding tert-OH is 1. The van der Waals surface area contributed by atoms with Gasteiger partial charge in [-0.05, 0) is 18.2 Å². The number of aliphatic hydroxyl groups is 1. The molecule has 1 N–H and O–H groups in total. The van der Waals surface area contributed by atoms with Gasteiger partial charge in [0.05, 0.1) is 12.2 Å². The smallest absolute Gasteiger partial charge is 0.257 e. The van der Waals surface area contributed by atoms with Crippen LogP contribution in [-0.4, -0.2) is 35.6 Å². The minimum atomic E-state index is -0.633. The Hall–Kier alpha value is -1.39. The molecule has 0 unspecified atom stereocenters. The molecule has 0 heterocycles. The molecule has 0 saturated carbocycles. The third kappa shape index (κ3) is 3.54. The molecular weight excluding hydrogens is 245 g/mol. The van der Waals surface area contributed by atoms with Crippen molar-refractivity contribution in [3.8, 4) is 0 Å². The zero-order chi connectivity index (χ0) is 12.8. The van der Waals surface area contributed by atoms with Crippen molar-refractivity contribution in [2.75, 3.05) is 19.7 Å². The second-order valence-corrected chi connectivity index (χ2v) is 3.82. The van der Waals surface area contributed by atoms with Gasteiger partial charge in [-0.2, -0.15) is 0 Å². The van der Waals surface area contributed by atoms with Gasteiger partial charge in [0.25, 0.3) is 5.91 Å². The van der Waals surface area contributed by atoms with Crippen molar-refractivity contribution in [3.05, 3.63) is 47.3 Å². The molecule has 1 amide bonds. The van der Waals surface area contributed by atoms with E-state index in [-0.39, 0.29) is 30.3 Å². The maximum Gasteiger partial charge on any atom is 0.257 e. The van der Waals surface area contributed by atoms with Gasteiger partial charge in [0.1, 0.15) is 5.82 Å². The summed E-state index contributed by atoms with van der Waals surface area (Å²) < 4.78 is 13.5. The first-order valence-corrected chi connectivity index (χ1v) is 5.44. The van der Waals surface area contributed by atoms with Crippen LogP contribution in [0.25, 0.3) is 0 Å². The van der Waals surface area contributed by atoms with Gasteiger partial charge in [-0.25, -0.2) is 4.39 Å². The number of nitrogens with zero attached hydrogens (tertiary/aromatic N) is 1. The van der Waals surface area contributed by atoms with E-state index in [1.165, 1.54) is 23.1 Å². The molecule has 0 aliphatic heterocycles. The molecule has 92 valence electrons. The van der Waals surface area contributed by atoms with E-state index in [4.69, 9.17) is 16.7 Å². The summed E-state index contributed by atoms with van der Waals surface area (Å²) >= 11 is 5.71. The third-order valence-corrected chi connectivity index (χ3v) is 2.40. The van der Waals surface area contributed by atoms with Crippen LogP contribution in [0.4, 0.5) is 4.39 Å². The molecule has 3 nitrogen and oxygen atoms in total. The highest BCUT2D eigenvalue weighted by atomic mass is 35.5. The first kappa shape index (κ1) is 13.7. The van der Waals surface area contributed by atoms with E-state index in [9.17, 15) is 9.18 Å². The molecule has 0 fully saturated rings. The maximum absolute atomic E-state index is 13.5. The van der Waals surface area contributed by atoms with Crippen molar-refractivity contribution in [1.82, 2.24) is 4.90 Å². The lowest BCUT2D eigenvalue weighted by atomic mass is 10.2. The number of hydrogen-bond donors (Lipinski definition) is 1. The van der Waals surface area contributed by atoms with Crippen molar-refractivity contribution < 1.29 is 14.3 Å². The van der Waals surface area contributed by atoms with Gasteiger partial charge in [0.2, 0.25) is 0 Å². The van der Waals surface area contributed by atoms with Crippen molar-refractivity contribution in [2.24, 2.45) is 0 Å². The average molecular weight is 258 g/mol. The van der Waals surface area contributed by atoms with E-state index in [0.29, 0.717) is 0 Å². The number of amides is 1. The molecule has 17 heavy (non-hydrogen) atoms. The Kier molecular flexibility index (Phi) is 5.12. The summed E-state index contributed by atoms with van der Waals surface area (Å²) in [6, 6.07) is 3.78. The number of carbonyl (C=O) groups is 1. The van der Waals surface area contributed by atoms with Gasteiger partial charge in [0, 0.05) is 18.1 Å². The van der Waals surface area contributed by atoms with Crippen molar-refractivity contribution in [3.63, 3.8) is 0 Å². The highest BCUT2D eigenvalue weighted by molar-refractivity contribution is 6.31. The molecule has 1 rings (SSSR count). The summed E-state index contributed by atoms with van der Waals surface area (Å²) in [5.74, 6) is -1.15. The van der Waals surface area contributed by atoms with E-state index in [2.05, 4.69) is 6.58 Å². The molecular formula is C12H13ClFNO2. The van der Waals surface area contributed by atoms with Crippen LogP contribution in [0, 0.1) is 5.82 Å². The highest BCUT2D eigenvalue weighted by Crippen LogP contribution is 2.16. The summed E-state index contributed by atoms with van der Waals surface area (Å²) in [4.78, 5) is 13.3. The van der Waals surface area contributed by atoms with Gasteiger partial charge >= 0.3 is 0 Å². The molecule has 5 heteroatoms. The maximum atomic E-state index is 13.5. The molecule has 1 aromatic carbocycles. The highest BCUT2D eigenvalue weighted by Gasteiger charge is 2.18. The summed E-state index contributed by atoms with van der Waals surface area (Å²) in [6.45, 7) is 3.67. The van der Waals surface area contributed by atoms with Crippen LogP contribution in [0.15, 0.2) is 30.9 Å². The van der Waals surface area contributed by atoms with E-state index >= 15 is 0 Å². The fraction of sp³-hybridized carbons (Fsp3) is 0.250. The SMILES string of the molecule is C=CCN(CCO)C(=O)c1cc(Cl)ccc1F. The van der Waals surface area contributed by atoms with Crippen LogP contribution in [0.2, 0.25) is 5.02 Å². The van der Waals surface area contributed by atoms with Crippen LogP contribution in [-0.2, 0) is 0 Å². The van der Waals surface area contributed by atoms with Crippen LogP contribution >= 0.6 is 11.6 Å². The molecule has 0 radical (unpaired) electrons. The molecule has 0 aliphatic rings. The van der Waals surface area contributed by atoms with Crippen LogP contribution in [0.5, 0.6) is 0 Å². The van der Waals surface area contributed by atoms with Crippen LogP contribution in [0.1, 0.15) is 10.4 Å². The van der Waals surface area contributed by atoms with E-state index < -0.39 is 11.7 Å². The number of rotatable bonds is 5. The summed E-state index contributed by atoms with van der Waals surface area (Å²) in [5.41, 5.74) is -0.104. The number of halogens is 2. The lowest BCUT2D eigenvalue weighted by molar-refractivity contribution is 0.0738. The van der Waals surface area contributed by atoms with E-state index in [1.54, 1.807) is 0 Å². The molecule has 0 spiro atoms. The topological polar surface area (TPSA) is 40.5 Å². The number of carbonyl (C=O) groups excluding carboxylic acids is 1. The lowest BCUT2D eigenvalue weighted by Crippen LogP contribution is -2.34. The fourth-order valence-corrected chi connectivity index (χ4v) is 1.56. The van der Waals surface area contributed by atoms with Gasteiger partial charge in [0.15, 0.2) is 0 Å². The van der Waals surface area contributed by atoms with E-state index in [0.717, 1.165) is 6.07 Å². The number of hydrogen-bond acceptors (Lipinski definition) is 2. The Balaban J connectivity index is 2.99. The quantitative estimate of drug-likeness (QED) is 0.821. The Morgan fingerprint density at radius 2 is 2.29 bits per heavy atom. The number of benzene rings is 1. The minimum Gasteiger partial charge on any atom is -0.395 e. The molecule has 0 saturated heterocycles. The molecule has 0 bridgehead atoms. The van der Waals surface area contributed by atoms with Crippen LogP contribution < -0.4 is 0 Å². The third-order valence-electron chi connectivity index (χ3n) is 2.17. The first-order valence-electron chi connectivity index (χ1n) is 5.06. The normalized spacial score (nSPS) is 10.1. The van der Waals surface area contributed by atoms with Crippen LogP contribution in [0.3, 0.4) is 0 Å². The summed E-state index contributed by atoms with van der Waals surface area (Å²) in [7, 11) is 0. The predicted molar refractivity (Wildman–Crippen MR) is 64.6 cm³/mol. The molecule has 1 aromatic rings. The second kappa shape index (κ2) is 6.37. The van der Waals surface area contributed by atoms with Gasteiger partial charge in [-0.15, -0.1) is 6.58 Å². The first-order chi connectivity index (χ1) is 8.10. The van der Waals surface area contributed by atoms with Gasteiger partial charge < -0.3 is 10.0 Å². The largest absolute Gasteiger partial charge is 0.395 e. The van der Waals surface area contributed by atoms with Crippen molar-refractivity contribution in [1.29, 1.82) is 0 Å². The fourth-order valence-electron chi connectivity index (χ4n) is 1.38. The second-order valence-electron chi connectivity index (χ2n) is 3.39. The zero-order valence-corrected chi connectivity index (χ0v) is 9.95. The Morgan fingerprint density at radius 3 is 2.88 bits per heavy atom.